The van der Waals surface area contributed by atoms with Crippen molar-refractivity contribution >= 4 is 12.1 Å². The molecule has 11 heteroatoms. The minimum atomic E-state index is -4.67. The van der Waals surface area contributed by atoms with E-state index in [0.717, 1.165) is 12.1 Å². The van der Waals surface area contributed by atoms with Crippen molar-refractivity contribution in [1.29, 1.82) is 0 Å². The number of hydrogen-bond acceptors (Lipinski definition) is 7. The molecular weight excluding hydrogens is 429 g/mol. The van der Waals surface area contributed by atoms with Crippen LogP contribution in [0.25, 0.3) is 0 Å². The topological polar surface area (TPSA) is 94.9 Å². The number of carbonyl (C=O) groups excluding carboxylic acids is 1. The molecule has 0 unspecified atom stereocenters. The quantitative estimate of drug-likeness (QED) is 0.434. The van der Waals surface area contributed by atoms with E-state index in [1.807, 2.05) is 0 Å². The van der Waals surface area contributed by atoms with E-state index in [1.54, 1.807) is 24.3 Å². The van der Waals surface area contributed by atoms with Crippen molar-refractivity contribution in [3.05, 3.63) is 71.3 Å². The third kappa shape index (κ3) is 5.50. The van der Waals surface area contributed by atoms with Crippen LogP contribution < -0.4 is 19.6 Å². The lowest BCUT2D eigenvalue weighted by Crippen LogP contribution is -2.22. The van der Waals surface area contributed by atoms with Gasteiger partial charge in [0.25, 0.3) is 5.91 Å². The van der Waals surface area contributed by atoms with Gasteiger partial charge >= 0.3 is 12.2 Å². The van der Waals surface area contributed by atoms with Crippen molar-refractivity contribution in [3.8, 4) is 23.5 Å². The van der Waals surface area contributed by atoms with Gasteiger partial charge in [0.2, 0.25) is 11.8 Å². The number of nitrogens with one attached hydrogen (secondary N) is 1. The number of amides is 1. The maximum absolute atomic E-state index is 13.1. The molecule has 3 rings (SSSR count). The van der Waals surface area contributed by atoms with Crippen LogP contribution in [0, 0.1) is 0 Å². The molecule has 8 nitrogen and oxygen atoms in total. The summed E-state index contributed by atoms with van der Waals surface area (Å²) in [6, 6.07) is 12.4. The fourth-order valence-corrected chi connectivity index (χ4v) is 2.57. The lowest BCUT2D eigenvalue weighted by atomic mass is 10.1. The Bertz CT molecular complexity index is 1110. The zero-order chi connectivity index (χ0) is 23.1. The number of ether oxygens (including phenoxy) is 3. The fourth-order valence-electron chi connectivity index (χ4n) is 2.57. The van der Waals surface area contributed by atoms with Crippen LogP contribution in [-0.2, 0) is 6.18 Å². The van der Waals surface area contributed by atoms with Crippen LogP contribution in [-0.4, -0.2) is 36.3 Å². The molecule has 0 bridgehead atoms. The third-order valence-corrected chi connectivity index (χ3v) is 4.04. The van der Waals surface area contributed by atoms with Crippen LogP contribution in [0.3, 0.4) is 0 Å². The van der Waals surface area contributed by atoms with E-state index < -0.39 is 23.2 Å². The molecule has 3 aromatic rings. The van der Waals surface area contributed by atoms with Crippen molar-refractivity contribution < 1.29 is 32.2 Å². The molecule has 0 saturated heterocycles. The van der Waals surface area contributed by atoms with Crippen LogP contribution in [0.1, 0.15) is 21.5 Å². The summed E-state index contributed by atoms with van der Waals surface area (Å²) in [5, 5.41) is 3.75. The molecule has 0 spiro atoms. The average Bonchev–Trinajstić information content (AvgIpc) is 2.79. The molecule has 1 N–H and O–H groups in total. The lowest BCUT2D eigenvalue weighted by molar-refractivity contribution is -0.137. The number of hydrogen-bond donors (Lipinski definition) is 1. The van der Waals surface area contributed by atoms with Gasteiger partial charge in [-0.05, 0) is 24.3 Å². The molecule has 0 saturated carbocycles. The largest absolute Gasteiger partial charge is 0.481 e. The van der Waals surface area contributed by atoms with E-state index in [9.17, 15) is 18.0 Å². The minimum Gasteiger partial charge on any atom is -0.481 e. The van der Waals surface area contributed by atoms with Gasteiger partial charge in [-0.3, -0.25) is 4.79 Å². The number of methoxy groups -OCH3 is 2. The number of aromatic nitrogens is 2. The molecule has 1 amide bonds. The minimum absolute atomic E-state index is 0.0646. The highest BCUT2D eigenvalue weighted by Gasteiger charge is 2.34. The Balaban J connectivity index is 1.78. The standard InChI is InChI=1S/C21H17F3N4O4/c1-30-17-11-18(31-2)27-20(26-17)32-16-10-6-3-7-13(16)12-25-28-19(29)14-8-4-5-9-15(14)21(22,23)24/h3-12H,1-2H3,(H,28,29). The molecule has 0 aliphatic rings. The summed E-state index contributed by atoms with van der Waals surface area (Å²) in [4.78, 5) is 20.3. The summed E-state index contributed by atoms with van der Waals surface area (Å²) >= 11 is 0. The second-order valence-electron chi connectivity index (χ2n) is 6.12. The van der Waals surface area contributed by atoms with Crippen LogP contribution in [0.5, 0.6) is 23.5 Å². The van der Waals surface area contributed by atoms with Crippen molar-refractivity contribution in [3.63, 3.8) is 0 Å². The van der Waals surface area contributed by atoms with Crippen LogP contribution >= 0.6 is 0 Å². The average molecular weight is 446 g/mol. The first-order valence-electron chi connectivity index (χ1n) is 9.05. The summed E-state index contributed by atoms with van der Waals surface area (Å²) < 4.78 is 55.1. The lowest BCUT2D eigenvalue weighted by Gasteiger charge is -2.11. The van der Waals surface area contributed by atoms with Gasteiger partial charge in [-0.25, -0.2) is 5.43 Å². The van der Waals surface area contributed by atoms with Crippen molar-refractivity contribution in [2.45, 2.75) is 6.18 Å². The molecule has 32 heavy (non-hydrogen) atoms. The Morgan fingerprint density at radius 1 is 1.00 bits per heavy atom. The van der Waals surface area contributed by atoms with Gasteiger partial charge in [0.15, 0.2) is 0 Å². The number of halogens is 3. The first kappa shape index (κ1) is 22.5. The molecule has 1 aromatic heterocycles. The fraction of sp³-hybridized carbons (Fsp3) is 0.143. The predicted octanol–water partition coefficient (Wildman–Crippen LogP) is 4.07. The maximum Gasteiger partial charge on any atom is 0.417 e. The summed E-state index contributed by atoms with van der Waals surface area (Å²) in [5.41, 5.74) is 0.898. The number of hydrazone groups is 1. The normalized spacial score (nSPS) is 11.3. The zero-order valence-electron chi connectivity index (χ0n) is 16.9. The molecule has 0 aliphatic carbocycles. The first-order chi connectivity index (χ1) is 15.3. The number of carbonyl (C=O) groups is 1. The Morgan fingerprint density at radius 2 is 1.62 bits per heavy atom. The third-order valence-electron chi connectivity index (χ3n) is 4.04. The highest BCUT2D eigenvalue weighted by atomic mass is 19.4. The molecule has 0 atom stereocenters. The van der Waals surface area contributed by atoms with Gasteiger partial charge in [0, 0.05) is 5.56 Å². The summed E-state index contributed by atoms with van der Waals surface area (Å²) in [6.45, 7) is 0. The number of para-hydroxylation sites is 1. The van der Waals surface area contributed by atoms with Crippen molar-refractivity contribution in [2.75, 3.05) is 14.2 Å². The summed E-state index contributed by atoms with van der Waals surface area (Å²) in [6.07, 6.45) is -3.45. The second kappa shape index (κ2) is 9.77. The second-order valence-corrected chi connectivity index (χ2v) is 6.12. The Kier molecular flexibility index (Phi) is 6.88. The molecule has 2 aromatic carbocycles. The van der Waals surface area contributed by atoms with E-state index >= 15 is 0 Å². The maximum atomic E-state index is 13.1. The highest BCUT2D eigenvalue weighted by molar-refractivity contribution is 5.96. The Labute approximate surface area is 180 Å². The van der Waals surface area contributed by atoms with E-state index in [4.69, 9.17) is 14.2 Å². The van der Waals surface area contributed by atoms with Crippen molar-refractivity contribution in [1.82, 2.24) is 15.4 Å². The van der Waals surface area contributed by atoms with Crippen molar-refractivity contribution in [2.24, 2.45) is 5.10 Å². The van der Waals surface area contributed by atoms with E-state index in [-0.39, 0.29) is 23.5 Å². The number of rotatable bonds is 7. The van der Waals surface area contributed by atoms with Gasteiger partial charge in [-0.2, -0.15) is 28.2 Å². The Hall–Kier alpha value is -4.15. The predicted molar refractivity (Wildman–Crippen MR) is 108 cm³/mol. The van der Waals surface area contributed by atoms with Crippen LogP contribution in [0.15, 0.2) is 59.7 Å². The van der Waals surface area contributed by atoms with Gasteiger partial charge in [-0.15, -0.1) is 0 Å². The molecule has 166 valence electrons. The van der Waals surface area contributed by atoms with E-state index in [1.165, 1.54) is 38.6 Å². The summed E-state index contributed by atoms with van der Waals surface area (Å²) in [7, 11) is 2.84. The molecule has 0 aliphatic heterocycles. The van der Waals surface area contributed by atoms with Crippen LogP contribution in [0.2, 0.25) is 0 Å². The zero-order valence-corrected chi connectivity index (χ0v) is 16.9. The van der Waals surface area contributed by atoms with Gasteiger partial charge in [0.1, 0.15) is 5.75 Å². The molecule has 0 radical (unpaired) electrons. The molecule has 0 fully saturated rings. The molecular formula is C21H17F3N4O4. The van der Waals surface area contributed by atoms with E-state index in [2.05, 4.69) is 20.5 Å². The molecule has 1 heterocycles. The number of benzene rings is 2. The SMILES string of the molecule is COc1cc(OC)nc(Oc2ccccc2C=NNC(=O)c2ccccc2C(F)(F)F)n1. The van der Waals surface area contributed by atoms with Crippen LogP contribution in [0.4, 0.5) is 13.2 Å². The van der Waals surface area contributed by atoms with Gasteiger partial charge in [-0.1, -0.05) is 24.3 Å². The number of nitrogens with zero attached hydrogens (tertiary/aromatic N) is 3. The number of alkyl halides is 3. The van der Waals surface area contributed by atoms with Gasteiger partial charge in [0.05, 0.1) is 37.6 Å². The highest BCUT2D eigenvalue weighted by Crippen LogP contribution is 2.31. The summed E-state index contributed by atoms with van der Waals surface area (Å²) in [5.74, 6) is -0.299. The van der Waals surface area contributed by atoms with Gasteiger partial charge < -0.3 is 14.2 Å². The first-order valence-corrected chi connectivity index (χ1v) is 9.05. The Morgan fingerprint density at radius 3 is 2.28 bits per heavy atom. The monoisotopic (exact) mass is 446 g/mol. The smallest absolute Gasteiger partial charge is 0.417 e. The van der Waals surface area contributed by atoms with E-state index in [0.29, 0.717) is 5.56 Å².